The van der Waals surface area contributed by atoms with Gasteiger partial charge in [0.25, 0.3) is 0 Å². The minimum absolute atomic E-state index is 0.00252. The Morgan fingerprint density at radius 3 is 2.58 bits per heavy atom. The van der Waals surface area contributed by atoms with Crippen LogP contribution < -0.4 is 5.32 Å². The highest BCUT2D eigenvalue weighted by atomic mass is 35.5. The lowest BCUT2D eigenvalue weighted by Crippen LogP contribution is -2.42. The normalized spacial score (nSPS) is 15.8. The topological polar surface area (TPSA) is 52.9 Å². The molecule has 0 atom stereocenters. The molecule has 0 radical (unpaired) electrons. The van der Waals surface area contributed by atoms with E-state index in [2.05, 4.69) is 15.2 Å². The van der Waals surface area contributed by atoms with Gasteiger partial charge in [-0.1, -0.05) is 30.9 Å². The number of guanidine groups is 1. The van der Waals surface area contributed by atoms with Gasteiger partial charge in [0.15, 0.2) is 5.96 Å². The van der Waals surface area contributed by atoms with Crippen molar-refractivity contribution < 1.29 is 4.79 Å². The third kappa shape index (κ3) is 6.24. The van der Waals surface area contributed by atoms with Gasteiger partial charge in [-0.25, -0.2) is 4.99 Å². The number of aromatic nitrogens is 1. The number of hydrogen-bond donors (Lipinski definition) is 1. The molecule has 0 unspecified atom stereocenters. The number of halogens is 1. The highest BCUT2D eigenvalue weighted by Crippen LogP contribution is 2.22. The zero-order valence-electron chi connectivity index (χ0n) is 16.5. The quantitative estimate of drug-likeness (QED) is 0.609. The Kier molecular flexibility index (Phi) is 7.82. The van der Waals surface area contributed by atoms with E-state index < -0.39 is 0 Å². The van der Waals surface area contributed by atoms with Crippen molar-refractivity contribution >= 4 is 23.5 Å². The Balaban J connectivity index is 2.03. The third-order valence-corrected chi connectivity index (χ3v) is 5.18. The molecule has 7 heteroatoms. The number of carbonyl (C=O) groups is 1. The fraction of sp³-hybridized carbons (Fsp3) is 0.684. The first-order valence-electron chi connectivity index (χ1n) is 9.37. The number of likely N-dealkylation sites (N-methyl/N-ethyl adjacent to an activating group) is 1. The van der Waals surface area contributed by atoms with Crippen LogP contribution in [0.3, 0.4) is 0 Å². The van der Waals surface area contributed by atoms with Crippen LogP contribution in [0.1, 0.15) is 37.8 Å². The predicted molar refractivity (Wildman–Crippen MR) is 107 cm³/mol. The monoisotopic (exact) mass is 381 g/mol. The van der Waals surface area contributed by atoms with E-state index in [1.807, 2.05) is 30.9 Å². The second kappa shape index (κ2) is 9.86. The molecule has 1 fully saturated rings. The van der Waals surface area contributed by atoms with Gasteiger partial charge in [-0.3, -0.25) is 4.79 Å². The van der Waals surface area contributed by atoms with Gasteiger partial charge in [0.2, 0.25) is 5.91 Å². The summed E-state index contributed by atoms with van der Waals surface area (Å²) in [6, 6.07) is 1.96. The second-order valence-corrected chi connectivity index (χ2v) is 7.87. The average Bonchev–Trinajstić information content (AvgIpc) is 2.92. The highest BCUT2D eigenvalue weighted by Gasteiger charge is 2.16. The number of rotatable bonds is 6. The van der Waals surface area contributed by atoms with Crippen LogP contribution in [0.25, 0.3) is 0 Å². The third-order valence-electron chi connectivity index (χ3n) is 4.97. The van der Waals surface area contributed by atoms with Crippen molar-refractivity contribution in [3.8, 4) is 0 Å². The first kappa shape index (κ1) is 20.6. The lowest BCUT2D eigenvalue weighted by molar-refractivity contribution is -0.127. The Morgan fingerprint density at radius 2 is 2.00 bits per heavy atom. The van der Waals surface area contributed by atoms with Crippen LogP contribution in [0.2, 0.25) is 5.02 Å². The number of aryl methyl sites for hydroxylation is 1. The van der Waals surface area contributed by atoms with Crippen LogP contribution in [0.5, 0.6) is 0 Å². The summed E-state index contributed by atoms with van der Waals surface area (Å²) in [7, 11) is 7.48. The summed E-state index contributed by atoms with van der Waals surface area (Å²) in [6.45, 7) is 1.74. The molecule has 1 heterocycles. The number of nitrogens with one attached hydrogen (secondary N) is 1. The number of carbonyl (C=O) groups excluding carboxylic acids is 1. The predicted octanol–water partition coefficient (Wildman–Crippen LogP) is 2.72. The van der Waals surface area contributed by atoms with E-state index in [-0.39, 0.29) is 12.5 Å². The molecule has 0 spiro atoms. The number of amides is 1. The molecule has 26 heavy (non-hydrogen) atoms. The van der Waals surface area contributed by atoms with E-state index in [1.165, 1.54) is 32.1 Å². The smallest absolute Gasteiger partial charge is 0.243 e. The number of aliphatic imine (C=N–C) groups is 1. The molecule has 1 saturated carbocycles. The molecule has 0 saturated heterocycles. The molecule has 0 aliphatic heterocycles. The van der Waals surface area contributed by atoms with Crippen molar-refractivity contribution in [3.05, 3.63) is 23.0 Å². The molecule has 1 aromatic rings. The molecule has 1 aliphatic rings. The first-order chi connectivity index (χ1) is 12.4. The molecule has 6 nitrogen and oxygen atoms in total. The lowest BCUT2D eigenvalue weighted by atomic mass is 9.89. The Bertz CT molecular complexity index is 619. The van der Waals surface area contributed by atoms with E-state index in [0.717, 1.165) is 23.2 Å². The van der Waals surface area contributed by atoms with Crippen LogP contribution >= 0.6 is 11.6 Å². The lowest BCUT2D eigenvalue weighted by Gasteiger charge is -2.27. The average molecular weight is 382 g/mol. The van der Waals surface area contributed by atoms with Gasteiger partial charge >= 0.3 is 0 Å². The zero-order chi connectivity index (χ0) is 19.1. The number of nitrogens with zero attached hydrogens (tertiary/aromatic N) is 4. The molecule has 1 amide bonds. The van der Waals surface area contributed by atoms with Crippen molar-refractivity contribution in [2.24, 2.45) is 18.0 Å². The fourth-order valence-corrected chi connectivity index (χ4v) is 3.54. The van der Waals surface area contributed by atoms with Crippen LogP contribution in [-0.2, 0) is 18.4 Å². The Labute approximate surface area is 162 Å². The molecule has 2 rings (SSSR count). The largest absolute Gasteiger partial charge is 0.356 e. The van der Waals surface area contributed by atoms with Gasteiger partial charge in [-0.15, -0.1) is 0 Å². The SMILES string of the molecule is CN(C)C(=O)CN=C(NCC1CCCCC1)N(C)Cc1cc(Cl)cn1C. The summed E-state index contributed by atoms with van der Waals surface area (Å²) >= 11 is 6.09. The molecule has 146 valence electrons. The van der Waals surface area contributed by atoms with Crippen molar-refractivity contribution in [1.82, 2.24) is 19.7 Å². The zero-order valence-corrected chi connectivity index (χ0v) is 17.2. The standard InChI is InChI=1S/C19H32ClN5O/c1-23(2)18(26)12-22-19(21-11-15-8-6-5-7-9-15)25(4)14-17-10-16(20)13-24(17)3/h10,13,15H,5-9,11-12,14H2,1-4H3,(H,21,22). The van der Waals surface area contributed by atoms with E-state index >= 15 is 0 Å². The summed E-state index contributed by atoms with van der Waals surface area (Å²) in [4.78, 5) is 20.1. The minimum atomic E-state index is -0.00252. The van der Waals surface area contributed by atoms with E-state index in [4.69, 9.17) is 11.6 Å². The highest BCUT2D eigenvalue weighted by molar-refractivity contribution is 6.30. The fourth-order valence-electron chi connectivity index (χ4n) is 3.26. The number of hydrogen-bond acceptors (Lipinski definition) is 2. The first-order valence-corrected chi connectivity index (χ1v) is 9.75. The van der Waals surface area contributed by atoms with Crippen molar-refractivity contribution in [2.45, 2.75) is 38.6 Å². The molecule has 0 bridgehead atoms. The van der Waals surface area contributed by atoms with Crippen molar-refractivity contribution in [3.63, 3.8) is 0 Å². The van der Waals surface area contributed by atoms with Gasteiger partial charge in [-0.2, -0.15) is 0 Å². The van der Waals surface area contributed by atoms with Gasteiger partial charge in [0, 0.05) is 46.6 Å². The molecule has 1 aliphatic carbocycles. The molecule has 1 N–H and O–H groups in total. The minimum Gasteiger partial charge on any atom is -0.356 e. The Morgan fingerprint density at radius 1 is 1.31 bits per heavy atom. The van der Waals surface area contributed by atoms with Gasteiger partial charge in [0.1, 0.15) is 6.54 Å². The summed E-state index contributed by atoms with van der Waals surface area (Å²) < 4.78 is 2.02. The maximum Gasteiger partial charge on any atom is 0.243 e. The molecule has 0 aromatic carbocycles. The summed E-state index contributed by atoms with van der Waals surface area (Å²) in [5, 5.41) is 4.22. The van der Waals surface area contributed by atoms with Crippen LogP contribution in [-0.4, -0.2) is 60.5 Å². The molecular weight excluding hydrogens is 350 g/mol. The summed E-state index contributed by atoms with van der Waals surface area (Å²) in [5.41, 5.74) is 1.10. The maximum atomic E-state index is 11.9. The maximum absolute atomic E-state index is 11.9. The molecular formula is C19H32ClN5O. The summed E-state index contributed by atoms with van der Waals surface area (Å²) in [6.07, 6.45) is 8.42. The molecule has 1 aromatic heterocycles. The van der Waals surface area contributed by atoms with E-state index in [9.17, 15) is 4.79 Å². The summed E-state index contributed by atoms with van der Waals surface area (Å²) in [5.74, 6) is 1.46. The van der Waals surface area contributed by atoms with Gasteiger partial charge < -0.3 is 19.7 Å². The van der Waals surface area contributed by atoms with Gasteiger partial charge in [-0.05, 0) is 24.8 Å². The van der Waals surface area contributed by atoms with Crippen LogP contribution in [0.15, 0.2) is 17.3 Å². The van der Waals surface area contributed by atoms with Crippen LogP contribution in [0, 0.1) is 5.92 Å². The second-order valence-electron chi connectivity index (χ2n) is 7.43. The van der Waals surface area contributed by atoms with Crippen molar-refractivity contribution in [1.29, 1.82) is 0 Å². The Hall–Kier alpha value is -1.69. The van der Waals surface area contributed by atoms with Crippen molar-refractivity contribution in [2.75, 3.05) is 34.2 Å². The van der Waals surface area contributed by atoms with E-state index in [0.29, 0.717) is 12.5 Å². The van der Waals surface area contributed by atoms with Gasteiger partial charge in [0.05, 0.1) is 11.6 Å². The van der Waals surface area contributed by atoms with Crippen LogP contribution in [0.4, 0.5) is 0 Å². The van der Waals surface area contributed by atoms with E-state index in [1.54, 1.807) is 19.0 Å².